The number of benzene rings is 9. The molecule has 0 bridgehead atoms. The van der Waals surface area contributed by atoms with E-state index in [0.717, 1.165) is 50.0 Å². The summed E-state index contributed by atoms with van der Waals surface area (Å²) in [6.07, 6.45) is 0. The largest absolute Gasteiger partial charge is 0.309 e. The highest BCUT2D eigenvalue weighted by molar-refractivity contribution is 7.27. The first-order chi connectivity index (χ1) is 29.3. The maximum Gasteiger partial charge on any atom is 0.235 e. The van der Waals surface area contributed by atoms with Crippen molar-refractivity contribution < 1.29 is 0 Å². The molecule has 0 atom stereocenters. The second-order valence-corrected chi connectivity index (χ2v) is 16.4. The van der Waals surface area contributed by atoms with Gasteiger partial charge in [-0.1, -0.05) is 140 Å². The van der Waals surface area contributed by atoms with Crippen LogP contribution in [0.2, 0.25) is 0 Å². The summed E-state index contributed by atoms with van der Waals surface area (Å²) in [5.41, 5.74) is 10.9. The minimum absolute atomic E-state index is 0.649. The van der Waals surface area contributed by atoms with Gasteiger partial charge >= 0.3 is 0 Å². The fraction of sp³-hybridized carbons (Fsp3) is 0. The highest BCUT2D eigenvalue weighted by Crippen LogP contribution is 2.46. The lowest BCUT2D eigenvalue weighted by Gasteiger charge is -2.14. The maximum atomic E-state index is 5.69. The first-order valence-corrected chi connectivity index (χ1v) is 20.8. The number of rotatable bonds is 4. The van der Waals surface area contributed by atoms with E-state index in [-0.39, 0.29) is 0 Å². The number of para-hydroxylation sites is 4. The van der Waals surface area contributed by atoms with E-state index in [4.69, 9.17) is 9.97 Å². The van der Waals surface area contributed by atoms with Gasteiger partial charge in [0.2, 0.25) is 5.95 Å². The Labute approximate surface area is 342 Å². The number of hydrogen-bond donors (Lipinski definition) is 0. The summed E-state index contributed by atoms with van der Waals surface area (Å²) in [6.45, 7) is 0. The molecule has 0 amide bonds. The van der Waals surface area contributed by atoms with E-state index < -0.39 is 0 Å². The van der Waals surface area contributed by atoms with Gasteiger partial charge < -0.3 is 4.57 Å². The molecule has 0 saturated carbocycles. The van der Waals surface area contributed by atoms with Crippen molar-refractivity contribution in [1.29, 1.82) is 0 Å². The fourth-order valence-electron chi connectivity index (χ4n) is 9.45. The van der Waals surface area contributed by atoms with Crippen LogP contribution < -0.4 is 0 Å². The Kier molecular flexibility index (Phi) is 6.85. The summed E-state index contributed by atoms with van der Waals surface area (Å²) in [7, 11) is 0. The molecule has 274 valence electrons. The smallest absolute Gasteiger partial charge is 0.235 e. The summed E-state index contributed by atoms with van der Waals surface area (Å²) >= 11 is 1.87. The van der Waals surface area contributed by atoms with E-state index in [1.807, 2.05) is 11.3 Å². The number of hydrogen-bond acceptors (Lipinski definition) is 3. The van der Waals surface area contributed by atoms with Gasteiger partial charge in [-0.25, -0.2) is 9.97 Å². The van der Waals surface area contributed by atoms with E-state index in [2.05, 4.69) is 203 Å². The molecule has 4 aromatic heterocycles. The van der Waals surface area contributed by atoms with Crippen molar-refractivity contribution in [1.82, 2.24) is 19.1 Å². The Hall–Kier alpha value is -7.60. The van der Waals surface area contributed by atoms with Crippen LogP contribution in [0.5, 0.6) is 0 Å². The topological polar surface area (TPSA) is 35.6 Å². The van der Waals surface area contributed by atoms with E-state index in [0.29, 0.717) is 5.95 Å². The third kappa shape index (κ3) is 4.77. The Balaban J connectivity index is 1.15. The monoisotopic (exact) mass is 768 g/mol. The van der Waals surface area contributed by atoms with E-state index in [1.165, 1.54) is 63.6 Å². The first-order valence-electron chi connectivity index (χ1n) is 20.0. The standard InChI is InChI=1S/C54H32N4S/c1-3-15-33(16-4-1)35-29-44-40-28-27-34-17-7-8-20-37(34)52(40)59-53(44)45(30-35)51-41-23-9-12-24-46(41)55-54(56-51)58-48-26-14-11-22-39(48)43-31-42-38-21-10-13-25-47(38)57(49(42)32-50(43)58)36-18-5-2-6-19-36/h1-32H. The van der Waals surface area contributed by atoms with Crippen molar-refractivity contribution in [2.45, 2.75) is 0 Å². The second-order valence-electron chi connectivity index (χ2n) is 15.3. The van der Waals surface area contributed by atoms with Crippen LogP contribution in [0.4, 0.5) is 0 Å². The number of thiophene rings is 1. The zero-order chi connectivity index (χ0) is 38.6. The first kappa shape index (κ1) is 32.5. The van der Waals surface area contributed by atoms with Crippen LogP contribution in [0.15, 0.2) is 194 Å². The fourth-order valence-corrected chi connectivity index (χ4v) is 10.8. The van der Waals surface area contributed by atoms with Gasteiger partial charge in [0, 0.05) is 58.4 Å². The molecular formula is C54H32N4S. The predicted molar refractivity (Wildman–Crippen MR) is 249 cm³/mol. The lowest BCUT2D eigenvalue weighted by molar-refractivity contribution is 1.01. The summed E-state index contributed by atoms with van der Waals surface area (Å²) in [6, 6.07) is 70.0. The van der Waals surface area contributed by atoms with Gasteiger partial charge in [-0.3, -0.25) is 4.57 Å². The van der Waals surface area contributed by atoms with Crippen molar-refractivity contribution in [3.05, 3.63) is 194 Å². The van der Waals surface area contributed by atoms with E-state index >= 15 is 0 Å². The van der Waals surface area contributed by atoms with Crippen LogP contribution in [-0.4, -0.2) is 19.1 Å². The normalized spacial score (nSPS) is 12.1. The van der Waals surface area contributed by atoms with Crippen LogP contribution in [0, 0.1) is 0 Å². The van der Waals surface area contributed by atoms with Crippen LogP contribution in [-0.2, 0) is 0 Å². The minimum atomic E-state index is 0.649. The Morgan fingerprint density at radius 1 is 0.356 bits per heavy atom. The quantitative estimate of drug-likeness (QED) is 0.179. The Morgan fingerprint density at radius 2 is 0.983 bits per heavy atom. The molecule has 0 fully saturated rings. The van der Waals surface area contributed by atoms with Crippen molar-refractivity contribution in [3.8, 4) is 34.0 Å². The molecule has 13 rings (SSSR count). The van der Waals surface area contributed by atoms with Gasteiger partial charge in [-0.2, -0.15) is 0 Å². The molecule has 0 unspecified atom stereocenters. The highest BCUT2D eigenvalue weighted by Gasteiger charge is 2.23. The van der Waals surface area contributed by atoms with Gasteiger partial charge in [0.05, 0.1) is 33.3 Å². The third-order valence-electron chi connectivity index (χ3n) is 12.1. The van der Waals surface area contributed by atoms with Crippen molar-refractivity contribution in [2.24, 2.45) is 0 Å². The van der Waals surface area contributed by atoms with Gasteiger partial charge in [0.15, 0.2) is 0 Å². The van der Waals surface area contributed by atoms with Crippen LogP contribution >= 0.6 is 11.3 Å². The van der Waals surface area contributed by atoms with Crippen LogP contribution in [0.25, 0.3) is 119 Å². The van der Waals surface area contributed by atoms with Crippen molar-refractivity contribution >= 4 is 96.8 Å². The molecule has 5 heteroatoms. The summed E-state index contributed by atoms with van der Waals surface area (Å²) < 4.78 is 7.19. The SMILES string of the molecule is c1ccc(-c2cc(-c3nc(-n4c5ccccc5c5cc6c7ccccc7n(-c7ccccc7)c6cc54)nc4ccccc34)c3sc4c5ccccc5ccc4c3c2)cc1. The molecule has 59 heavy (non-hydrogen) atoms. The van der Waals surface area contributed by atoms with Gasteiger partial charge in [-0.05, 0) is 76.5 Å². The Bertz CT molecular complexity index is 3840. The average molecular weight is 769 g/mol. The molecule has 9 aromatic carbocycles. The zero-order valence-corrected chi connectivity index (χ0v) is 32.5. The molecule has 0 spiro atoms. The minimum Gasteiger partial charge on any atom is -0.309 e. The van der Waals surface area contributed by atoms with E-state index in [1.54, 1.807) is 0 Å². The Morgan fingerprint density at radius 3 is 1.76 bits per heavy atom. The molecule has 0 saturated heterocycles. The van der Waals surface area contributed by atoms with Gasteiger partial charge in [0.25, 0.3) is 0 Å². The van der Waals surface area contributed by atoms with Gasteiger partial charge in [-0.15, -0.1) is 11.3 Å². The molecular weight excluding hydrogens is 737 g/mol. The number of nitrogens with zero attached hydrogens (tertiary/aromatic N) is 4. The van der Waals surface area contributed by atoms with Crippen molar-refractivity contribution in [2.75, 3.05) is 0 Å². The molecule has 0 aliphatic heterocycles. The molecule has 0 aliphatic rings. The van der Waals surface area contributed by atoms with Crippen LogP contribution in [0.1, 0.15) is 0 Å². The molecule has 13 aromatic rings. The van der Waals surface area contributed by atoms with Gasteiger partial charge in [0.1, 0.15) is 0 Å². The molecule has 4 nitrogen and oxygen atoms in total. The molecule has 0 radical (unpaired) electrons. The van der Waals surface area contributed by atoms with Crippen molar-refractivity contribution in [3.63, 3.8) is 0 Å². The average Bonchev–Trinajstić information content (AvgIpc) is 3.96. The summed E-state index contributed by atoms with van der Waals surface area (Å²) in [5.74, 6) is 0.649. The molecule has 4 heterocycles. The molecule has 0 aliphatic carbocycles. The third-order valence-corrected chi connectivity index (χ3v) is 13.4. The highest BCUT2D eigenvalue weighted by atomic mass is 32.1. The lowest BCUT2D eigenvalue weighted by atomic mass is 9.96. The van der Waals surface area contributed by atoms with Crippen LogP contribution in [0.3, 0.4) is 0 Å². The van der Waals surface area contributed by atoms with E-state index in [9.17, 15) is 0 Å². The molecule has 0 N–H and O–H groups in total. The summed E-state index contributed by atoms with van der Waals surface area (Å²) in [5, 5.41) is 10.8. The zero-order valence-electron chi connectivity index (χ0n) is 31.7. The lowest BCUT2D eigenvalue weighted by Crippen LogP contribution is -2.03. The number of aromatic nitrogens is 4. The predicted octanol–water partition coefficient (Wildman–Crippen LogP) is 14.7. The maximum absolute atomic E-state index is 5.69. The number of fused-ring (bicyclic) bond motifs is 12. The second kappa shape index (κ2) is 12.4. The summed E-state index contributed by atoms with van der Waals surface area (Å²) in [4.78, 5) is 11.1.